The van der Waals surface area contributed by atoms with E-state index >= 15 is 0 Å². The van der Waals surface area contributed by atoms with Gasteiger partial charge in [-0.25, -0.2) is 5.84 Å². The first-order valence-corrected chi connectivity index (χ1v) is 5.99. The summed E-state index contributed by atoms with van der Waals surface area (Å²) in [4.78, 5) is 14.1. The van der Waals surface area contributed by atoms with E-state index in [0.29, 0.717) is 24.1 Å². The third kappa shape index (κ3) is 2.93. The van der Waals surface area contributed by atoms with Crippen molar-refractivity contribution >= 4 is 11.7 Å². The molecule has 7 heteroatoms. The summed E-state index contributed by atoms with van der Waals surface area (Å²) in [6, 6.07) is 3.63. The number of hydrogen-bond donors (Lipinski definition) is 3. The summed E-state index contributed by atoms with van der Waals surface area (Å²) in [5.41, 5.74) is 2.66. The second-order valence-electron chi connectivity index (χ2n) is 4.43. The molecule has 2 rings (SSSR count). The molecule has 0 aromatic carbocycles. The van der Waals surface area contributed by atoms with Gasteiger partial charge in [-0.1, -0.05) is 0 Å². The van der Waals surface area contributed by atoms with Gasteiger partial charge in [0.1, 0.15) is 0 Å². The lowest BCUT2D eigenvalue weighted by molar-refractivity contribution is 0.0937. The van der Waals surface area contributed by atoms with Crippen LogP contribution in [0.3, 0.4) is 0 Å². The molecule has 0 aliphatic carbocycles. The minimum absolute atomic E-state index is 0.202. The molecule has 1 aliphatic rings. The highest BCUT2D eigenvalue weighted by Gasteiger charge is 2.21. The zero-order valence-electron chi connectivity index (χ0n) is 10.4. The minimum Gasteiger partial charge on any atom is -0.349 e. The summed E-state index contributed by atoms with van der Waals surface area (Å²) in [5, 5.41) is 10.4. The molecule has 1 fully saturated rings. The molecule has 1 aromatic rings. The number of nitrogens with zero attached hydrogens (tertiary/aromatic N) is 3. The molecule has 1 saturated heterocycles. The summed E-state index contributed by atoms with van der Waals surface area (Å²) >= 11 is 0. The van der Waals surface area contributed by atoms with Crippen LogP contribution in [0.25, 0.3) is 0 Å². The van der Waals surface area contributed by atoms with Crippen molar-refractivity contribution < 1.29 is 4.79 Å². The molecule has 0 saturated carbocycles. The number of likely N-dealkylation sites (tertiary alicyclic amines) is 1. The molecular weight excluding hydrogens is 232 g/mol. The van der Waals surface area contributed by atoms with Crippen LogP contribution in [0.5, 0.6) is 0 Å². The molecule has 7 nitrogen and oxygen atoms in total. The number of likely N-dealkylation sites (N-methyl/N-ethyl adjacent to an activating group) is 1. The number of nitrogens with one attached hydrogen (secondary N) is 2. The molecular formula is C11H18N6O. The van der Waals surface area contributed by atoms with Crippen molar-refractivity contribution in [2.45, 2.75) is 18.9 Å². The van der Waals surface area contributed by atoms with Gasteiger partial charge in [0.25, 0.3) is 5.91 Å². The monoisotopic (exact) mass is 250 g/mol. The van der Waals surface area contributed by atoms with Gasteiger partial charge in [0, 0.05) is 12.6 Å². The van der Waals surface area contributed by atoms with E-state index < -0.39 is 0 Å². The molecule has 1 atom stereocenters. The predicted octanol–water partition coefficient (Wildman–Crippen LogP) is -0.414. The van der Waals surface area contributed by atoms with Crippen LogP contribution in [0.4, 0.5) is 5.82 Å². The Bertz CT molecular complexity index is 406. The first kappa shape index (κ1) is 12.7. The van der Waals surface area contributed by atoms with Crippen LogP contribution in [0.2, 0.25) is 0 Å². The fourth-order valence-electron chi connectivity index (χ4n) is 2.07. The van der Waals surface area contributed by atoms with Crippen molar-refractivity contribution in [1.82, 2.24) is 20.4 Å². The van der Waals surface area contributed by atoms with Crippen LogP contribution in [-0.2, 0) is 0 Å². The Hall–Kier alpha value is -1.73. The zero-order valence-corrected chi connectivity index (χ0v) is 10.4. The highest BCUT2D eigenvalue weighted by Crippen LogP contribution is 2.13. The molecule has 1 aromatic heterocycles. The minimum atomic E-state index is -0.202. The molecule has 1 aliphatic heterocycles. The van der Waals surface area contributed by atoms with Crippen molar-refractivity contribution in [3.05, 3.63) is 17.8 Å². The Morgan fingerprint density at radius 2 is 2.39 bits per heavy atom. The SMILES string of the molecule is CN1CCCC1CNC(=O)c1ccc(NN)nn1. The molecule has 1 unspecified atom stereocenters. The van der Waals surface area contributed by atoms with Crippen molar-refractivity contribution in [2.75, 3.05) is 25.6 Å². The predicted molar refractivity (Wildman–Crippen MR) is 67.8 cm³/mol. The number of anilines is 1. The third-order valence-corrected chi connectivity index (χ3v) is 3.21. The summed E-state index contributed by atoms with van der Waals surface area (Å²) in [6.07, 6.45) is 2.31. The van der Waals surface area contributed by atoms with E-state index in [9.17, 15) is 4.79 Å². The quantitative estimate of drug-likeness (QED) is 0.496. The fraction of sp³-hybridized carbons (Fsp3) is 0.545. The van der Waals surface area contributed by atoms with E-state index in [2.05, 4.69) is 32.9 Å². The van der Waals surface area contributed by atoms with Gasteiger partial charge in [0.05, 0.1) is 0 Å². The van der Waals surface area contributed by atoms with Gasteiger partial charge in [0.2, 0.25) is 0 Å². The Balaban J connectivity index is 1.87. The molecule has 0 spiro atoms. The molecule has 1 amide bonds. The number of hydrogen-bond acceptors (Lipinski definition) is 6. The van der Waals surface area contributed by atoms with E-state index in [1.54, 1.807) is 12.1 Å². The van der Waals surface area contributed by atoms with Gasteiger partial charge in [-0.3, -0.25) is 4.79 Å². The Morgan fingerprint density at radius 3 is 2.94 bits per heavy atom. The largest absolute Gasteiger partial charge is 0.349 e. The average Bonchev–Trinajstić information content (AvgIpc) is 2.81. The van der Waals surface area contributed by atoms with Crippen molar-refractivity contribution in [2.24, 2.45) is 5.84 Å². The second-order valence-corrected chi connectivity index (χ2v) is 4.43. The number of carbonyl (C=O) groups excluding carboxylic acids is 1. The van der Waals surface area contributed by atoms with Crippen LogP contribution in [0.1, 0.15) is 23.3 Å². The van der Waals surface area contributed by atoms with Crippen molar-refractivity contribution in [3.8, 4) is 0 Å². The lowest BCUT2D eigenvalue weighted by Gasteiger charge is -2.19. The summed E-state index contributed by atoms with van der Waals surface area (Å²) < 4.78 is 0. The van der Waals surface area contributed by atoms with Crippen LogP contribution >= 0.6 is 0 Å². The maximum atomic E-state index is 11.8. The van der Waals surface area contributed by atoms with Gasteiger partial charge < -0.3 is 15.6 Å². The van der Waals surface area contributed by atoms with Crippen molar-refractivity contribution in [1.29, 1.82) is 0 Å². The molecule has 0 radical (unpaired) electrons. The Morgan fingerprint density at radius 1 is 1.56 bits per heavy atom. The number of carbonyl (C=O) groups is 1. The van der Waals surface area contributed by atoms with Gasteiger partial charge in [-0.2, -0.15) is 0 Å². The van der Waals surface area contributed by atoms with Crippen LogP contribution in [0, 0.1) is 0 Å². The average molecular weight is 250 g/mol. The summed E-state index contributed by atoms with van der Waals surface area (Å²) in [6.45, 7) is 1.74. The van der Waals surface area contributed by atoms with E-state index in [1.165, 1.54) is 6.42 Å². The standard InChI is InChI=1S/C11H18N6O/c1-17-6-2-3-8(17)7-13-11(18)9-4-5-10(14-12)16-15-9/h4-5,8H,2-3,6-7,12H2,1H3,(H,13,18)(H,14,16). The van der Waals surface area contributed by atoms with Gasteiger partial charge in [-0.15, -0.1) is 10.2 Å². The number of nitrogens with two attached hydrogens (primary N) is 1. The molecule has 4 N–H and O–H groups in total. The van der Waals surface area contributed by atoms with Crippen LogP contribution in [-0.4, -0.2) is 47.2 Å². The third-order valence-electron chi connectivity index (χ3n) is 3.21. The van der Waals surface area contributed by atoms with Crippen LogP contribution in [0.15, 0.2) is 12.1 Å². The number of nitrogen functional groups attached to an aromatic ring is 1. The van der Waals surface area contributed by atoms with Gasteiger partial charge >= 0.3 is 0 Å². The number of aromatic nitrogens is 2. The summed E-state index contributed by atoms with van der Waals surface area (Å²) in [5.74, 6) is 5.40. The normalized spacial score (nSPS) is 19.8. The molecule has 98 valence electrons. The smallest absolute Gasteiger partial charge is 0.271 e. The van der Waals surface area contributed by atoms with Gasteiger partial charge in [0.15, 0.2) is 11.5 Å². The molecule has 18 heavy (non-hydrogen) atoms. The lowest BCUT2D eigenvalue weighted by atomic mass is 10.2. The maximum Gasteiger partial charge on any atom is 0.271 e. The first-order valence-electron chi connectivity index (χ1n) is 5.99. The Kier molecular flexibility index (Phi) is 4.06. The Labute approximate surface area is 106 Å². The number of hydrazine groups is 1. The van der Waals surface area contributed by atoms with E-state index in [1.807, 2.05) is 0 Å². The maximum absolute atomic E-state index is 11.8. The second kappa shape index (κ2) is 5.74. The lowest BCUT2D eigenvalue weighted by Crippen LogP contribution is -2.38. The topological polar surface area (TPSA) is 96.2 Å². The van der Waals surface area contributed by atoms with Crippen LogP contribution < -0.4 is 16.6 Å². The fourth-order valence-corrected chi connectivity index (χ4v) is 2.07. The van der Waals surface area contributed by atoms with E-state index in [4.69, 9.17) is 5.84 Å². The number of amides is 1. The van der Waals surface area contributed by atoms with E-state index in [-0.39, 0.29) is 5.91 Å². The van der Waals surface area contributed by atoms with Gasteiger partial charge in [-0.05, 0) is 38.6 Å². The highest BCUT2D eigenvalue weighted by molar-refractivity contribution is 5.92. The zero-order chi connectivity index (χ0) is 13.0. The highest BCUT2D eigenvalue weighted by atomic mass is 16.1. The van der Waals surface area contributed by atoms with Crippen molar-refractivity contribution in [3.63, 3.8) is 0 Å². The summed E-state index contributed by atoms with van der Waals surface area (Å²) in [7, 11) is 2.07. The van der Waals surface area contributed by atoms with E-state index in [0.717, 1.165) is 13.0 Å². The first-order chi connectivity index (χ1) is 8.70. The molecule has 0 bridgehead atoms. The molecule has 2 heterocycles. The number of rotatable bonds is 4.